The van der Waals surface area contributed by atoms with E-state index in [0.29, 0.717) is 12.3 Å². The number of hydrogen-bond acceptors (Lipinski definition) is 4. The third-order valence-electron chi connectivity index (χ3n) is 5.20. The molecule has 2 aromatic carbocycles. The molecule has 1 saturated heterocycles. The standard InChI is InChI=1S/C22H25N3O3/c26-21(23-17-9-3-1-4-10-17)16-25-15-20(22(27)24-13-7-2-8-14-24)28-19-12-6-5-11-18(19)25/h1,3-6,9-12,20H,2,7-8,13-16H2,(H,23,26)/t20-/m0/s1. The third kappa shape index (κ3) is 4.11. The summed E-state index contributed by atoms with van der Waals surface area (Å²) in [6.45, 7) is 2.11. The first-order valence-corrected chi connectivity index (χ1v) is 9.85. The van der Waals surface area contributed by atoms with Crippen LogP contribution >= 0.6 is 0 Å². The normalized spacial score (nSPS) is 18.8. The Hall–Kier alpha value is -3.02. The molecule has 1 N–H and O–H groups in total. The highest BCUT2D eigenvalue weighted by atomic mass is 16.5. The van der Waals surface area contributed by atoms with Crippen LogP contribution in [0.2, 0.25) is 0 Å². The predicted molar refractivity (Wildman–Crippen MR) is 109 cm³/mol. The number of piperidine rings is 1. The van der Waals surface area contributed by atoms with Crippen LogP contribution in [-0.4, -0.2) is 49.0 Å². The fourth-order valence-corrected chi connectivity index (χ4v) is 3.80. The molecule has 2 amide bonds. The van der Waals surface area contributed by atoms with Crippen molar-refractivity contribution in [1.82, 2.24) is 4.90 Å². The molecule has 0 spiro atoms. The highest BCUT2D eigenvalue weighted by Gasteiger charge is 2.34. The molecule has 1 fully saturated rings. The van der Waals surface area contributed by atoms with Crippen LogP contribution in [0.1, 0.15) is 19.3 Å². The maximum Gasteiger partial charge on any atom is 0.265 e. The molecule has 6 nitrogen and oxygen atoms in total. The first kappa shape index (κ1) is 18.3. The van der Waals surface area contributed by atoms with Gasteiger partial charge in [-0.1, -0.05) is 30.3 Å². The SMILES string of the molecule is O=C(CN1C[C@@H](C(=O)N2CCCCC2)Oc2ccccc21)Nc1ccccc1. The largest absolute Gasteiger partial charge is 0.477 e. The number of likely N-dealkylation sites (tertiary alicyclic amines) is 1. The number of anilines is 2. The molecule has 0 bridgehead atoms. The van der Waals surface area contributed by atoms with Crippen molar-refractivity contribution in [2.45, 2.75) is 25.4 Å². The van der Waals surface area contributed by atoms with Crippen molar-refractivity contribution in [3.63, 3.8) is 0 Å². The molecule has 0 unspecified atom stereocenters. The summed E-state index contributed by atoms with van der Waals surface area (Å²) in [6, 6.07) is 17.0. The Morgan fingerprint density at radius 3 is 2.46 bits per heavy atom. The van der Waals surface area contributed by atoms with Gasteiger partial charge in [-0.25, -0.2) is 0 Å². The van der Waals surface area contributed by atoms with E-state index in [1.807, 2.05) is 64.4 Å². The number of amides is 2. The van der Waals surface area contributed by atoms with Gasteiger partial charge >= 0.3 is 0 Å². The Morgan fingerprint density at radius 1 is 0.964 bits per heavy atom. The van der Waals surface area contributed by atoms with Gasteiger partial charge in [0.1, 0.15) is 5.75 Å². The lowest BCUT2D eigenvalue weighted by atomic mass is 10.1. The number of carbonyl (C=O) groups excluding carboxylic acids is 2. The van der Waals surface area contributed by atoms with Crippen molar-refractivity contribution in [3.8, 4) is 5.75 Å². The number of ether oxygens (including phenoxy) is 1. The van der Waals surface area contributed by atoms with Gasteiger partial charge in [-0.15, -0.1) is 0 Å². The molecule has 146 valence electrons. The van der Waals surface area contributed by atoms with Crippen molar-refractivity contribution in [3.05, 3.63) is 54.6 Å². The van der Waals surface area contributed by atoms with Crippen LogP contribution in [0.3, 0.4) is 0 Å². The van der Waals surface area contributed by atoms with Crippen molar-refractivity contribution < 1.29 is 14.3 Å². The summed E-state index contributed by atoms with van der Waals surface area (Å²) in [5, 5.41) is 2.91. The minimum Gasteiger partial charge on any atom is -0.477 e. The van der Waals surface area contributed by atoms with Crippen molar-refractivity contribution in [2.75, 3.05) is 36.4 Å². The van der Waals surface area contributed by atoms with Gasteiger partial charge in [-0.2, -0.15) is 0 Å². The van der Waals surface area contributed by atoms with Crippen molar-refractivity contribution in [1.29, 1.82) is 0 Å². The Bertz CT molecular complexity index is 834. The van der Waals surface area contributed by atoms with E-state index in [0.717, 1.165) is 37.3 Å². The van der Waals surface area contributed by atoms with Gasteiger partial charge in [0.15, 0.2) is 6.10 Å². The second-order valence-electron chi connectivity index (χ2n) is 7.25. The highest BCUT2D eigenvalue weighted by molar-refractivity contribution is 5.95. The summed E-state index contributed by atoms with van der Waals surface area (Å²) >= 11 is 0. The summed E-state index contributed by atoms with van der Waals surface area (Å²) in [6.07, 6.45) is 2.66. The van der Waals surface area contributed by atoms with E-state index in [4.69, 9.17) is 4.74 Å². The van der Waals surface area contributed by atoms with E-state index in [2.05, 4.69) is 5.32 Å². The van der Waals surface area contributed by atoms with Crippen LogP contribution in [0.5, 0.6) is 5.75 Å². The smallest absolute Gasteiger partial charge is 0.265 e. The molecular formula is C22H25N3O3. The Kier molecular flexibility index (Phi) is 5.46. The quantitative estimate of drug-likeness (QED) is 0.887. The van der Waals surface area contributed by atoms with Crippen LogP contribution in [0, 0.1) is 0 Å². The summed E-state index contributed by atoms with van der Waals surface area (Å²) in [5.41, 5.74) is 1.60. The average molecular weight is 379 g/mol. The molecule has 2 heterocycles. The molecule has 6 heteroatoms. The van der Waals surface area contributed by atoms with Crippen LogP contribution in [-0.2, 0) is 9.59 Å². The first-order chi connectivity index (χ1) is 13.7. The molecule has 1 atom stereocenters. The molecule has 28 heavy (non-hydrogen) atoms. The summed E-state index contributed by atoms with van der Waals surface area (Å²) < 4.78 is 6.01. The van der Waals surface area contributed by atoms with E-state index in [9.17, 15) is 9.59 Å². The first-order valence-electron chi connectivity index (χ1n) is 9.85. The maximum absolute atomic E-state index is 13.0. The van der Waals surface area contributed by atoms with Gasteiger partial charge in [-0.3, -0.25) is 9.59 Å². The van der Waals surface area contributed by atoms with Crippen LogP contribution in [0.15, 0.2) is 54.6 Å². The summed E-state index contributed by atoms with van der Waals surface area (Å²) in [7, 11) is 0. The topological polar surface area (TPSA) is 61.9 Å². The molecule has 2 aliphatic rings. The van der Waals surface area contributed by atoms with Gasteiger partial charge in [0.05, 0.1) is 18.8 Å². The third-order valence-corrected chi connectivity index (χ3v) is 5.20. The number of nitrogens with one attached hydrogen (secondary N) is 1. The van der Waals surface area contributed by atoms with E-state index >= 15 is 0 Å². The predicted octanol–water partition coefficient (Wildman–Crippen LogP) is 2.91. The second-order valence-corrected chi connectivity index (χ2v) is 7.25. The fourth-order valence-electron chi connectivity index (χ4n) is 3.80. The molecule has 0 aliphatic carbocycles. The van der Waals surface area contributed by atoms with E-state index < -0.39 is 6.10 Å². The van der Waals surface area contributed by atoms with Gasteiger partial charge in [0.25, 0.3) is 5.91 Å². The Morgan fingerprint density at radius 2 is 1.68 bits per heavy atom. The molecule has 4 rings (SSSR count). The molecular weight excluding hydrogens is 354 g/mol. The second kappa shape index (κ2) is 8.33. The molecule has 2 aromatic rings. The molecule has 0 aromatic heterocycles. The van der Waals surface area contributed by atoms with Crippen molar-refractivity contribution >= 4 is 23.2 Å². The lowest BCUT2D eigenvalue weighted by molar-refractivity contribution is -0.139. The zero-order valence-corrected chi connectivity index (χ0v) is 15.8. The van der Waals surface area contributed by atoms with Crippen LogP contribution in [0.25, 0.3) is 0 Å². The Balaban J connectivity index is 1.48. The minimum absolute atomic E-state index is 0.0164. The van der Waals surface area contributed by atoms with Gasteiger partial charge < -0.3 is 19.9 Å². The molecule has 0 saturated carbocycles. The van der Waals surface area contributed by atoms with E-state index in [-0.39, 0.29) is 18.4 Å². The number of carbonyl (C=O) groups is 2. The minimum atomic E-state index is -0.586. The highest BCUT2D eigenvalue weighted by Crippen LogP contribution is 2.33. The number of nitrogens with zero attached hydrogens (tertiary/aromatic N) is 2. The zero-order chi connectivity index (χ0) is 19.3. The lowest BCUT2D eigenvalue weighted by Crippen LogP contribution is -2.52. The van der Waals surface area contributed by atoms with E-state index in [1.165, 1.54) is 6.42 Å². The summed E-state index contributed by atoms with van der Waals surface area (Å²) in [5.74, 6) is 0.548. The summed E-state index contributed by atoms with van der Waals surface area (Å²) in [4.78, 5) is 29.4. The zero-order valence-electron chi connectivity index (χ0n) is 15.8. The maximum atomic E-state index is 13.0. The molecule has 0 radical (unpaired) electrons. The number of para-hydroxylation sites is 3. The van der Waals surface area contributed by atoms with Gasteiger partial charge in [-0.05, 0) is 43.5 Å². The van der Waals surface area contributed by atoms with Crippen LogP contribution < -0.4 is 15.0 Å². The Labute approximate surface area is 165 Å². The molecule has 2 aliphatic heterocycles. The number of fused-ring (bicyclic) bond motifs is 1. The van der Waals surface area contributed by atoms with Gasteiger partial charge in [0.2, 0.25) is 5.91 Å². The fraction of sp³-hybridized carbons (Fsp3) is 0.364. The number of rotatable bonds is 4. The lowest BCUT2D eigenvalue weighted by Gasteiger charge is -2.38. The van der Waals surface area contributed by atoms with E-state index in [1.54, 1.807) is 0 Å². The number of hydrogen-bond donors (Lipinski definition) is 1. The number of benzene rings is 2. The van der Waals surface area contributed by atoms with Crippen molar-refractivity contribution in [2.24, 2.45) is 0 Å². The monoisotopic (exact) mass is 379 g/mol. The average Bonchev–Trinajstić information content (AvgIpc) is 2.74. The van der Waals surface area contributed by atoms with Crippen LogP contribution in [0.4, 0.5) is 11.4 Å². The van der Waals surface area contributed by atoms with Gasteiger partial charge in [0, 0.05) is 18.8 Å².